The van der Waals surface area contributed by atoms with Crippen molar-refractivity contribution in [2.75, 3.05) is 11.5 Å². The van der Waals surface area contributed by atoms with Crippen LogP contribution in [0.4, 0.5) is 10.1 Å². The van der Waals surface area contributed by atoms with Crippen molar-refractivity contribution in [3.05, 3.63) is 75.0 Å². The smallest absolute Gasteiger partial charge is 0.280 e. The maximum absolute atomic E-state index is 13.9. The van der Waals surface area contributed by atoms with Gasteiger partial charge in [0.15, 0.2) is 5.69 Å². The van der Waals surface area contributed by atoms with Crippen molar-refractivity contribution >= 4 is 52.2 Å². The van der Waals surface area contributed by atoms with Gasteiger partial charge < -0.3 is 10.1 Å². The van der Waals surface area contributed by atoms with E-state index in [-0.39, 0.29) is 27.0 Å². The van der Waals surface area contributed by atoms with Crippen LogP contribution >= 0.6 is 34.7 Å². The zero-order valence-corrected chi connectivity index (χ0v) is 21.3. The molecular formula is C25H24Cl2FN3O3S. The summed E-state index contributed by atoms with van der Waals surface area (Å²) >= 11 is 13.3. The molecular weight excluding hydrogens is 512 g/mol. The van der Waals surface area contributed by atoms with Crippen molar-refractivity contribution in [2.45, 2.75) is 44.7 Å². The molecule has 3 aromatic rings. The average molecular weight is 536 g/mol. The average Bonchev–Trinajstić information content (AvgIpc) is 3.48. The van der Waals surface area contributed by atoms with Crippen molar-refractivity contribution in [3.8, 4) is 5.75 Å². The van der Waals surface area contributed by atoms with Crippen molar-refractivity contribution in [1.82, 2.24) is 9.69 Å². The summed E-state index contributed by atoms with van der Waals surface area (Å²) < 4.78 is 23.6. The van der Waals surface area contributed by atoms with Gasteiger partial charge in [-0.2, -0.15) is 4.37 Å². The number of hydrogen-bond donors (Lipinski definition) is 1. The Kier molecular flexibility index (Phi) is 8.26. The van der Waals surface area contributed by atoms with E-state index < -0.39 is 17.8 Å². The van der Waals surface area contributed by atoms with Crippen molar-refractivity contribution in [1.29, 1.82) is 0 Å². The number of carbonyl (C=O) groups excluding carboxylic acids is 2. The number of carbonyl (C=O) groups is 2. The molecule has 0 aliphatic heterocycles. The third-order valence-corrected chi connectivity index (χ3v) is 7.45. The van der Waals surface area contributed by atoms with Crippen molar-refractivity contribution in [2.24, 2.45) is 0 Å². The first kappa shape index (κ1) is 25.4. The summed E-state index contributed by atoms with van der Waals surface area (Å²) in [6, 6.07) is 11.2. The fourth-order valence-corrected chi connectivity index (χ4v) is 5.16. The number of nitrogens with zero attached hydrogens (tertiary/aromatic N) is 2. The number of nitrogens with one attached hydrogen (secondary N) is 1. The summed E-state index contributed by atoms with van der Waals surface area (Å²) in [6.07, 6.45) is 3.79. The Morgan fingerprint density at radius 1 is 1.14 bits per heavy atom. The second-order valence-corrected chi connectivity index (χ2v) is 9.92. The number of ether oxygens (including phenoxy) is 1. The molecule has 35 heavy (non-hydrogen) atoms. The second-order valence-electron chi connectivity index (χ2n) is 8.16. The van der Waals surface area contributed by atoms with Gasteiger partial charge in [0.2, 0.25) is 5.91 Å². The molecule has 6 nitrogen and oxygen atoms in total. The van der Waals surface area contributed by atoms with Crippen LogP contribution < -0.4 is 15.0 Å². The largest absolute Gasteiger partial charge is 0.494 e. The molecule has 2 amide bonds. The van der Waals surface area contributed by atoms with Crippen LogP contribution in [0.1, 0.15) is 54.7 Å². The van der Waals surface area contributed by atoms with E-state index in [4.69, 9.17) is 27.9 Å². The lowest BCUT2D eigenvalue weighted by atomic mass is 10.0. The summed E-state index contributed by atoms with van der Waals surface area (Å²) in [7, 11) is 0. The van der Waals surface area contributed by atoms with Crippen molar-refractivity contribution in [3.63, 3.8) is 0 Å². The van der Waals surface area contributed by atoms with Crippen LogP contribution in [0.15, 0.2) is 48.5 Å². The molecule has 184 valence electrons. The van der Waals surface area contributed by atoms with E-state index in [2.05, 4.69) is 9.69 Å². The van der Waals surface area contributed by atoms with Gasteiger partial charge in [-0.3, -0.25) is 14.5 Å². The van der Waals surface area contributed by atoms with Gasteiger partial charge in [0.25, 0.3) is 5.91 Å². The molecule has 1 heterocycles. The molecule has 1 aromatic heterocycles. The summed E-state index contributed by atoms with van der Waals surface area (Å²) in [5.74, 6) is -0.800. The zero-order chi connectivity index (χ0) is 24.9. The molecule has 0 radical (unpaired) electrons. The summed E-state index contributed by atoms with van der Waals surface area (Å²) in [5.41, 5.74) is 0.812. The first-order valence-corrected chi connectivity index (χ1v) is 12.8. The van der Waals surface area contributed by atoms with Crippen LogP contribution in [0.5, 0.6) is 5.75 Å². The molecule has 1 aliphatic carbocycles. The van der Waals surface area contributed by atoms with E-state index in [1.165, 1.54) is 29.2 Å². The Balaban J connectivity index is 1.82. The number of aromatic nitrogens is 1. The predicted molar refractivity (Wildman–Crippen MR) is 136 cm³/mol. The number of hydrogen-bond acceptors (Lipinski definition) is 5. The zero-order valence-electron chi connectivity index (χ0n) is 19.0. The van der Waals surface area contributed by atoms with E-state index in [1.807, 2.05) is 6.92 Å². The van der Waals surface area contributed by atoms with Gasteiger partial charge in [-0.1, -0.05) is 48.2 Å². The maximum atomic E-state index is 13.9. The van der Waals surface area contributed by atoms with Gasteiger partial charge in [0.05, 0.1) is 6.61 Å². The lowest BCUT2D eigenvalue weighted by Gasteiger charge is -2.32. The van der Waals surface area contributed by atoms with E-state index in [1.54, 1.807) is 24.3 Å². The van der Waals surface area contributed by atoms with E-state index >= 15 is 0 Å². The van der Waals surface area contributed by atoms with Crippen LogP contribution in [0.25, 0.3) is 0 Å². The van der Waals surface area contributed by atoms with Gasteiger partial charge in [0, 0.05) is 11.7 Å². The molecule has 10 heteroatoms. The van der Waals surface area contributed by atoms with Crippen LogP contribution in [0.3, 0.4) is 0 Å². The predicted octanol–water partition coefficient (Wildman–Crippen LogP) is 6.43. The normalized spacial score (nSPS) is 14.5. The lowest BCUT2D eigenvalue weighted by Crippen LogP contribution is -2.46. The fourth-order valence-electron chi connectivity index (χ4n) is 4.17. The number of benzene rings is 2. The minimum Gasteiger partial charge on any atom is -0.494 e. The Morgan fingerprint density at radius 3 is 2.37 bits per heavy atom. The number of anilines is 1. The Morgan fingerprint density at radius 2 is 1.80 bits per heavy atom. The number of halogens is 3. The molecule has 1 aliphatic rings. The molecule has 1 atom stereocenters. The minimum absolute atomic E-state index is 0.0139. The van der Waals surface area contributed by atoms with Crippen LogP contribution in [0, 0.1) is 5.82 Å². The third-order valence-electron chi connectivity index (χ3n) is 5.84. The Bertz CT molecular complexity index is 1180. The topological polar surface area (TPSA) is 71.5 Å². The van der Waals surface area contributed by atoms with Crippen LogP contribution in [-0.2, 0) is 4.79 Å². The number of rotatable bonds is 8. The molecule has 2 aromatic carbocycles. The fraction of sp³-hybridized carbons (Fsp3) is 0.320. The van der Waals surface area contributed by atoms with E-state index in [0.29, 0.717) is 23.6 Å². The molecule has 1 N–H and O–H groups in total. The second kappa shape index (κ2) is 11.4. The monoisotopic (exact) mass is 535 g/mol. The van der Waals surface area contributed by atoms with Gasteiger partial charge in [-0.05, 0) is 73.3 Å². The molecule has 1 fully saturated rings. The quantitative estimate of drug-likeness (QED) is 0.360. The van der Waals surface area contributed by atoms with E-state index in [9.17, 15) is 14.0 Å². The highest BCUT2D eigenvalue weighted by Crippen LogP contribution is 2.36. The van der Waals surface area contributed by atoms with Crippen LogP contribution in [0.2, 0.25) is 9.36 Å². The summed E-state index contributed by atoms with van der Waals surface area (Å²) in [6.45, 7) is 2.35. The maximum Gasteiger partial charge on any atom is 0.280 e. The molecule has 0 saturated heterocycles. The molecule has 0 unspecified atom stereocenters. The third kappa shape index (κ3) is 5.77. The highest BCUT2D eigenvalue weighted by Gasteiger charge is 2.37. The molecule has 1 saturated carbocycles. The Hall–Kier alpha value is -2.68. The first-order valence-electron chi connectivity index (χ1n) is 11.3. The summed E-state index contributed by atoms with van der Waals surface area (Å²) in [5, 5.41) is 3.09. The Labute approximate surface area is 217 Å². The number of amides is 2. The SMILES string of the molecule is CCOc1ccc(N(C(=O)c2nsc(Cl)c2Cl)[C@@H](C(=O)NC2CCCC2)c2ccc(F)cc2)cc1. The standard InChI is InChI=1S/C25H24Cl2FN3O3S/c1-2-34-19-13-11-18(12-14-19)31(25(33)21-20(26)23(27)35-30-21)22(15-7-9-16(28)10-8-15)24(32)29-17-5-3-4-6-17/h7-14,17,22H,2-6H2,1H3,(H,29,32)/t22-/m1/s1. The van der Waals surface area contributed by atoms with E-state index in [0.717, 1.165) is 37.2 Å². The molecule has 0 bridgehead atoms. The highest BCUT2D eigenvalue weighted by atomic mass is 35.5. The minimum atomic E-state index is -1.10. The highest BCUT2D eigenvalue weighted by molar-refractivity contribution is 7.11. The van der Waals surface area contributed by atoms with Gasteiger partial charge in [0.1, 0.15) is 27.0 Å². The lowest BCUT2D eigenvalue weighted by molar-refractivity contribution is -0.123. The van der Waals surface area contributed by atoms with Gasteiger partial charge in [-0.25, -0.2) is 4.39 Å². The molecule has 4 rings (SSSR count). The molecule has 0 spiro atoms. The van der Waals surface area contributed by atoms with Gasteiger partial charge in [-0.15, -0.1) is 0 Å². The first-order chi connectivity index (χ1) is 16.9. The van der Waals surface area contributed by atoms with Crippen molar-refractivity contribution < 1.29 is 18.7 Å². The van der Waals surface area contributed by atoms with Gasteiger partial charge >= 0.3 is 0 Å². The van der Waals surface area contributed by atoms with Crippen LogP contribution in [-0.4, -0.2) is 28.8 Å². The summed E-state index contributed by atoms with van der Waals surface area (Å²) in [4.78, 5) is 28.9.